The molecule has 2 saturated heterocycles. The molecular formula is C35H35ClCsF2N7O2. The summed E-state index contributed by atoms with van der Waals surface area (Å²) >= 11 is 6.59. The van der Waals surface area contributed by atoms with Gasteiger partial charge in [0, 0.05) is 47.9 Å². The van der Waals surface area contributed by atoms with Crippen LogP contribution in [0.25, 0.3) is 32.9 Å². The van der Waals surface area contributed by atoms with E-state index in [2.05, 4.69) is 27.9 Å². The number of ether oxygens (including phenoxy) is 1. The molecule has 2 atom stereocenters. The third-order valence-electron chi connectivity index (χ3n) is 9.03. The Kier molecular flexibility index (Phi) is 12.7. The van der Waals surface area contributed by atoms with E-state index in [9.17, 15) is 14.4 Å². The Morgan fingerprint density at radius 1 is 1.21 bits per heavy atom. The number of amides is 1. The van der Waals surface area contributed by atoms with Crippen molar-refractivity contribution >= 4 is 45.0 Å². The van der Waals surface area contributed by atoms with Gasteiger partial charge >= 0.3 is 74.9 Å². The van der Waals surface area contributed by atoms with Gasteiger partial charge in [0.2, 0.25) is 5.91 Å². The van der Waals surface area contributed by atoms with Gasteiger partial charge in [0.25, 0.3) is 0 Å². The van der Waals surface area contributed by atoms with Crippen LogP contribution in [0.15, 0.2) is 54.7 Å². The number of likely N-dealkylation sites (tertiary alicyclic amines) is 1. The van der Waals surface area contributed by atoms with Crippen molar-refractivity contribution in [3.8, 4) is 23.3 Å². The molecule has 1 unspecified atom stereocenters. The van der Waals surface area contributed by atoms with Crippen molar-refractivity contribution in [2.45, 2.75) is 32.2 Å². The Morgan fingerprint density at radius 3 is 2.75 bits per heavy atom. The average molecular weight is 792 g/mol. The number of allylic oxidation sites excluding steroid dienone is 1. The zero-order chi connectivity index (χ0) is 33.1. The zero-order valence-electron chi connectivity index (χ0n) is 27.3. The fraction of sp³-hybridized carbons (Fsp3) is 0.371. The third-order valence-corrected chi connectivity index (χ3v) is 9.35. The normalized spacial score (nSPS) is 19.1. The first-order chi connectivity index (χ1) is 22.8. The molecule has 2 aromatic carbocycles. The summed E-state index contributed by atoms with van der Waals surface area (Å²) in [5.41, 5.74) is 0.667. The number of rotatable bonds is 8. The third kappa shape index (κ3) is 7.69. The van der Waals surface area contributed by atoms with E-state index < -0.39 is 18.5 Å². The molecule has 4 aromatic rings. The minimum atomic E-state index is -0.760. The fourth-order valence-corrected chi connectivity index (χ4v) is 6.86. The fourth-order valence-electron chi connectivity index (χ4n) is 6.58. The number of anilines is 1. The molecule has 2 aliphatic rings. The standard InChI is InChI=1S/C35H35ClF2N7O2.Cs/c1-22-7-6-16-43(2)28(22)21-47-35-41-33-26(19-40-32(31(33)38)25-10-3-8-23-9-4-11-27(36)30(23)25)34(42-35)44-17-18-45(24(20-44)13-15-39)29(46)12-5-14-37;/h3-5,8-12,19,22,24H,6-7,13-14,16-18,20-21H2,1-2H3;/q-1;+1/b12-5+;/t22?,24-;/m0./s1. The number of likely N-dealkylation sites (N-methyl/N-ethyl adjacent to an activating group) is 1. The van der Waals surface area contributed by atoms with Crippen LogP contribution in [0, 0.1) is 29.1 Å². The summed E-state index contributed by atoms with van der Waals surface area (Å²) in [6.07, 6.45) is 6.09. The average Bonchev–Trinajstić information content (AvgIpc) is 3.07. The maximum atomic E-state index is 16.7. The second kappa shape index (κ2) is 16.6. The number of alkyl halides is 1. The molecule has 0 radical (unpaired) electrons. The number of piperidine rings is 1. The molecule has 0 aliphatic carbocycles. The number of fused-ring (bicyclic) bond motifs is 2. The number of hydrogen-bond donors (Lipinski definition) is 0. The summed E-state index contributed by atoms with van der Waals surface area (Å²) in [6.45, 7) is 3.41. The van der Waals surface area contributed by atoms with Gasteiger partial charge in [-0.3, -0.25) is 9.78 Å². The molecule has 0 N–H and O–H groups in total. The molecule has 4 heterocycles. The number of halogens is 3. The van der Waals surface area contributed by atoms with Crippen LogP contribution in [0.2, 0.25) is 5.02 Å². The van der Waals surface area contributed by atoms with Crippen LogP contribution in [-0.4, -0.2) is 83.2 Å². The van der Waals surface area contributed by atoms with E-state index in [1.807, 2.05) is 36.2 Å². The molecule has 9 nitrogen and oxygen atoms in total. The number of carbonyl (C=O) groups is 1. The molecule has 0 bridgehead atoms. The molecule has 244 valence electrons. The smallest absolute Gasteiger partial charge is 0.495 e. The van der Waals surface area contributed by atoms with Crippen LogP contribution in [0.4, 0.5) is 14.6 Å². The van der Waals surface area contributed by atoms with Crippen LogP contribution >= 0.6 is 11.6 Å². The van der Waals surface area contributed by atoms with E-state index >= 15 is 4.39 Å². The largest absolute Gasteiger partial charge is 1.00 e. The Morgan fingerprint density at radius 2 is 2.00 bits per heavy atom. The first-order valence-corrected chi connectivity index (χ1v) is 16.1. The van der Waals surface area contributed by atoms with Gasteiger partial charge in [-0.15, -0.1) is 0 Å². The number of aromatic nitrogens is 3. The van der Waals surface area contributed by atoms with Gasteiger partial charge in [-0.2, -0.15) is 21.1 Å². The molecule has 0 spiro atoms. The summed E-state index contributed by atoms with van der Waals surface area (Å²) in [7, 11) is 2.03. The topological polar surface area (TPSA) is 98.5 Å². The maximum absolute atomic E-state index is 16.7. The zero-order valence-corrected chi connectivity index (χ0v) is 34.3. The summed E-state index contributed by atoms with van der Waals surface area (Å²) in [6, 6.07) is 13.8. The summed E-state index contributed by atoms with van der Waals surface area (Å²) in [5, 5.41) is 11.9. The summed E-state index contributed by atoms with van der Waals surface area (Å²) in [4.78, 5) is 32.4. The number of piperazine rings is 1. The molecule has 6 rings (SSSR count). The molecule has 13 heteroatoms. The van der Waals surface area contributed by atoms with Crippen molar-refractivity contribution < 1.29 is 87.2 Å². The predicted molar refractivity (Wildman–Crippen MR) is 178 cm³/mol. The number of carbonyl (C=O) groups excluding carboxylic acids is 1. The molecular weight excluding hydrogens is 757 g/mol. The Hall–Kier alpha value is -2.35. The Bertz CT molecular complexity index is 1860. The van der Waals surface area contributed by atoms with Gasteiger partial charge < -0.3 is 19.4 Å². The first kappa shape index (κ1) is 36.9. The van der Waals surface area contributed by atoms with E-state index in [0.29, 0.717) is 39.6 Å². The van der Waals surface area contributed by atoms with Crippen molar-refractivity contribution in [1.82, 2.24) is 24.8 Å². The summed E-state index contributed by atoms with van der Waals surface area (Å²) in [5.74, 6) is -0.296. The van der Waals surface area contributed by atoms with Crippen molar-refractivity contribution in [2.24, 2.45) is 5.92 Å². The summed E-state index contributed by atoms with van der Waals surface area (Å²) < 4.78 is 35.7. The van der Waals surface area contributed by atoms with Crippen LogP contribution < -0.4 is 78.5 Å². The van der Waals surface area contributed by atoms with Crippen LogP contribution in [0.3, 0.4) is 0 Å². The van der Waals surface area contributed by atoms with Gasteiger partial charge in [0.1, 0.15) is 23.7 Å². The minimum absolute atomic E-state index is 0. The number of nitrogens with zero attached hydrogens (tertiary/aromatic N) is 7. The number of nitriles is 1. The molecule has 48 heavy (non-hydrogen) atoms. The van der Waals surface area contributed by atoms with Crippen molar-refractivity contribution in [1.29, 1.82) is 5.26 Å². The molecule has 0 saturated carbocycles. The van der Waals surface area contributed by atoms with Crippen LogP contribution in [0.5, 0.6) is 6.01 Å². The van der Waals surface area contributed by atoms with Crippen LogP contribution in [-0.2, 0) is 4.79 Å². The van der Waals surface area contributed by atoms with E-state index in [0.717, 1.165) is 36.9 Å². The minimum Gasteiger partial charge on any atom is -0.495 e. The predicted octanol–water partition coefficient (Wildman–Crippen LogP) is 3.37. The first-order valence-electron chi connectivity index (χ1n) is 15.7. The van der Waals surface area contributed by atoms with Crippen molar-refractivity contribution in [3.05, 3.63) is 71.6 Å². The van der Waals surface area contributed by atoms with Crippen molar-refractivity contribution in [2.75, 3.05) is 51.4 Å². The second-order valence-corrected chi connectivity index (χ2v) is 12.4. The quantitative estimate of drug-likeness (QED) is 0.198. The van der Waals surface area contributed by atoms with Crippen molar-refractivity contribution in [3.63, 3.8) is 0 Å². The van der Waals surface area contributed by atoms with Gasteiger partial charge in [-0.05, 0) is 44.1 Å². The number of hydrogen-bond acceptors (Lipinski definition) is 8. The molecule has 2 aromatic heterocycles. The van der Waals surface area contributed by atoms with Gasteiger partial charge in [0.05, 0.1) is 23.9 Å². The Labute approximate surface area is 342 Å². The molecule has 2 fully saturated rings. The maximum Gasteiger partial charge on any atom is 1.00 e. The Balaban J connectivity index is 0.00000451. The number of pyridine rings is 1. The van der Waals surface area contributed by atoms with E-state index in [4.69, 9.17) is 21.3 Å². The van der Waals surface area contributed by atoms with E-state index in [1.54, 1.807) is 23.2 Å². The van der Waals surface area contributed by atoms with E-state index in [1.165, 1.54) is 6.08 Å². The molecule has 1 amide bonds. The van der Waals surface area contributed by atoms with Gasteiger partial charge in [0.15, 0.2) is 5.82 Å². The number of benzene rings is 2. The van der Waals surface area contributed by atoms with E-state index in [-0.39, 0.29) is 118 Å². The van der Waals surface area contributed by atoms with Gasteiger partial charge in [-0.1, -0.05) is 55.3 Å². The molecule has 2 aliphatic heterocycles. The second-order valence-electron chi connectivity index (χ2n) is 12.0. The SMILES string of the molecule is CC1CCCN(C)[C-]1COc1nc(N2CCN(C(=O)/C=C/CF)[C@@H](CC#N)C2)c2cnc(-c3cccc4cccc(Cl)c34)c(F)c2n1.[Cs+]. The van der Waals surface area contributed by atoms with Gasteiger partial charge in [-0.25, -0.2) is 14.8 Å². The monoisotopic (exact) mass is 791 g/mol. The van der Waals surface area contributed by atoms with Crippen LogP contribution in [0.1, 0.15) is 26.2 Å².